The number of hydrogen-bond donors (Lipinski definition) is 3. The van der Waals surface area contributed by atoms with Crippen LogP contribution in [0.2, 0.25) is 0 Å². The Hall–Kier alpha value is -3.25. The van der Waals surface area contributed by atoms with Crippen molar-refractivity contribution >= 4 is 17.4 Å². The van der Waals surface area contributed by atoms with Gasteiger partial charge in [-0.3, -0.25) is 4.79 Å². The van der Waals surface area contributed by atoms with Crippen LogP contribution >= 0.6 is 0 Å². The number of nitrogens with one attached hydrogen (secondary N) is 2. The van der Waals surface area contributed by atoms with Crippen LogP contribution in [0.4, 0.5) is 11.5 Å². The van der Waals surface area contributed by atoms with Crippen LogP contribution in [0.5, 0.6) is 0 Å². The van der Waals surface area contributed by atoms with Crippen molar-refractivity contribution in [2.75, 3.05) is 11.9 Å². The molecule has 1 unspecified atom stereocenters. The summed E-state index contributed by atoms with van der Waals surface area (Å²) in [6, 6.07) is 18.7. The zero-order chi connectivity index (χ0) is 19.9. The molecule has 3 N–H and O–H groups in total. The van der Waals surface area contributed by atoms with Crippen LogP contribution in [0, 0.1) is 6.92 Å². The van der Waals surface area contributed by atoms with E-state index in [1.807, 2.05) is 62.4 Å². The van der Waals surface area contributed by atoms with Crippen LogP contribution in [0.25, 0.3) is 11.3 Å². The molecule has 0 aliphatic carbocycles. The van der Waals surface area contributed by atoms with Gasteiger partial charge in [-0.2, -0.15) is 0 Å². The fraction of sp³-hybridized carbons (Fsp3) is 0.227. The number of aryl methyl sites for hydroxylation is 1. The van der Waals surface area contributed by atoms with Crippen molar-refractivity contribution in [2.45, 2.75) is 26.3 Å². The Morgan fingerprint density at radius 2 is 1.86 bits per heavy atom. The van der Waals surface area contributed by atoms with Crippen molar-refractivity contribution in [3.8, 4) is 11.3 Å². The molecule has 0 bridgehead atoms. The third-order valence-electron chi connectivity index (χ3n) is 4.35. The Balaban J connectivity index is 1.81. The number of amides is 1. The van der Waals surface area contributed by atoms with E-state index in [2.05, 4.69) is 20.6 Å². The van der Waals surface area contributed by atoms with Gasteiger partial charge in [-0.1, -0.05) is 43.3 Å². The van der Waals surface area contributed by atoms with E-state index in [4.69, 9.17) is 0 Å². The van der Waals surface area contributed by atoms with Crippen LogP contribution < -0.4 is 10.6 Å². The SMILES string of the molecule is CCC(CO)NC(=O)c1cccc(Nc2cc(-c3ccccc3)nc(C)n2)c1. The molecule has 1 aromatic heterocycles. The van der Waals surface area contributed by atoms with Crippen LogP contribution in [-0.2, 0) is 0 Å². The predicted octanol–water partition coefficient (Wildman–Crippen LogP) is 3.70. The average Bonchev–Trinajstić information content (AvgIpc) is 2.72. The maximum absolute atomic E-state index is 12.4. The Kier molecular flexibility index (Phi) is 6.34. The molecule has 1 amide bonds. The van der Waals surface area contributed by atoms with Crippen molar-refractivity contribution in [3.63, 3.8) is 0 Å². The molecule has 3 rings (SSSR count). The number of benzene rings is 2. The van der Waals surface area contributed by atoms with Gasteiger partial charge < -0.3 is 15.7 Å². The number of aliphatic hydroxyl groups is 1. The van der Waals surface area contributed by atoms with Gasteiger partial charge >= 0.3 is 0 Å². The lowest BCUT2D eigenvalue weighted by molar-refractivity contribution is 0.0915. The quantitative estimate of drug-likeness (QED) is 0.585. The Bertz CT molecular complexity index is 940. The summed E-state index contributed by atoms with van der Waals surface area (Å²) < 4.78 is 0. The summed E-state index contributed by atoms with van der Waals surface area (Å²) in [5.74, 6) is 1.10. The van der Waals surface area contributed by atoms with Gasteiger partial charge in [0.1, 0.15) is 11.6 Å². The molecule has 0 saturated carbocycles. The van der Waals surface area contributed by atoms with E-state index in [-0.39, 0.29) is 18.6 Å². The maximum atomic E-state index is 12.4. The first-order valence-corrected chi connectivity index (χ1v) is 9.29. The lowest BCUT2D eigenvalue weighted by Crippen LogP contribution is -2.36. The molecule has 1 atom stereocenters. The zero-order valence-corrected chi connectivity index (χ0v) is 16.0. The van der Waals surface area contributed by atoms with Gasteiger partial charge in [-0.25, -0.2) is 9.97 Å². The fourth-order valence-corrected chi connectivity index (χ4v) is 2.82. The second-order valence-corrected chi connectivity index (χ2v) is 6.52. The molecule has 6 nitrogen and oxygen atoms in total. The van der Waals surface area contributed by atoms with E-state index in [1.54, 1.807) is 12.1 Å². The third kappa shape index (κ3) is 4.92. The van der Waals surface area contributed by atoms with Gasteiger partial charge in [0, 0.05) is 22.9 Å². The summed E-state index contributed by atoms with van der Waals surface area (Å²) in [5, 5.41) is 15.3. The first-order valence-electron chi connectivity index (χ1n) is 9.29. The molecule has 0 fully saturated rings. The van der Waals surface area contributed by atoms with Crippen molar-refractivity contribution in [1.29, 1.82) is 0 Å². The minimum atomic E-state index is -0.248. The average molecular weight is 376 g/mol. The van der Waals surface area contributed by atoms with Crippen LogP contribution in [0.1, 0.15) is 29.5 Å². The summed E-state index contributed by atoms with van der Waals surface area (Å²) in [5.41, 5.74) is 3.12. The lowest BCUT2D eigenvalue weighted by atomic mass is 10.1. The number of carbonyl (C=O) groups excluding carboxylic acids is 1. The highest BCUT2D eigenvalue weighted by Crippen LogP contribution is 2.22. The molecule has 2 aromatic carbocycles. The number of nitrogens with zero attached hydrogens (tertiary/aromatic N) is 2. The van der Waals surface area contributed by atoms with Gasteiger partial charge in [-0.05, 0) is 31.5 Å². The number of hydrogen-bond acceptors (Lipinski definition) is 5. The molecule has 0 aliphatic rings. The lowest BCUT2D eigenvalue weighted by Gasteiger charge is -2.14. The molecule has 1 heterocycles. The molecular formula is C22H24N4O2. The van der Waals surface area contributed by atoms with E-state index in [0.717, 1.165) is 16.9 Å². The highest BCUT2D eigenvalue weighted by molar-refractivity contribution is 5.95. The van der Waals surface area contributed by atoms with E-state index in [1.165, 1.54) is 0 Å². The fourth-order valence-electron chi connectivity index (χ4n) is 2.82. The zero-order valence-electron chi connectivity index (χ0n) is 16.0. The molecule has 144 valence electrons. The van der Waals surface area contributed by atoms with Crippen molar-refractivity contribution < 1.29 is 9.90 Å². The summed E-state index contributed by atoms with van der Waals surface area (Å²) in [6.45, 7) is 3.69. The first-order chi connectivity index (χ1) is 13.6. The minimum absolute atomic E-state index is 0.0807. The number of aromatic nitrogens is 2. The molecule has 0 radical (unpaired) electrons. The van der Waals surface area contributed by atoms with E-state index in [0.29, 0.717) is 23.6 Å². The first kappa shape index (κ1) is 19.5. The molecule has 0 spiro atoms. The summed E-state index contributed by atoms with van der Waals surface area (Å²) in [4.78, 5) is 21.3. The number of carbonyl (C=O) groups is 1. The summed E-state index contributed by atoms with van der Waals surface area (Å²) in [6.07, 6.45) is 0.669. The summed E-state index contributed by atoms with van der Waals surface area (Å²) in [7, 11) is 0. The second kappa shape index (κ2) is 9.10. The third-order valence-corrected chi connectivity index (χ3v) is 4.35. The smallest absolute Gasteiger partial charge is 0.251 e. The Labute approximate surface area is 164 Å². The van der Waals surface area contributed by atoms with E-state index >= 15 is 0 Å². The van der Waals surface area contributed by atoms with Crippen molar-refractivity contribution in [1.82, 2.24) is 15.3 Å². The molecule has 28 heavy (non-hydrogen) atoms. The van der Waals surface area contributed by atoms with Crippen LogP contribution in [0.15, 0.2) is 60.7 Å². The Morgan fingerprint density at radius 3 is 2.57 bits per heavy atom. The molecule has 0 saturated heterocycles. The number of rotatable bonds is 7. The predicted molar refractivity (Wildman–Crippen MR) is 111 cm³/mol. The van der Waals surface area contributed by atoms with E-state index in [9.17, 15) is 9.90 Å². The largest absolute Gasteiger partial charge is 0.394 e. The second-order valence-electron chi connectivity index (χ2n) is 6.52. The minimum Gasteiger partial charge on any atom is -0.394 e. The van der Waals surface area contributed by atoms with Crippen LogP contribution in [0.3, 0.4) is 0 Å². The number of anilines is 2. The van der Waals surface area contributed by atoms with Crippen molar-refractivity contribution in [3.05, 3.63) is 72.1 Å². The van der Waals surface area contributed by atoms with Crippen molar-refractivity contribution in [2.24, 2.45) is 0 Å². The highest BCUT2D eigenvalue weighted by Gasteiger charge is 2.12. The van der Waals surface area contributed by atoms with Gasteiger partial charge in [-0.15, -0.1) is 0 Å². The topological polar surface area (TPSA) is 87.1 Å². The monoisotopic (exact) mass is 376 g/mol. The standard InChI is InChI=1S/C22H24N4O2/c1-3-18(14-27)26-22(28)17-10-7-11-19(12-17)25-21-13-20(23-15(2)24-21)16-8-5-4-6-9-16/h4-13,18,27H,3,14H2,1-2H3,(H,26,28)(H,23,24,25). The van der Waals surface area contributed by atoms with Gasteiger partial charge in [0.05, 0.1) is 18.3 Å². The normalized spacial score (nSPS) is 11.7. The van der Waals surface area contributed by atoms with Gasteiger partial charge in [0.2, 0.25) is 0 Å². The van der Waals surface area contributed by atoms with E-state index < -0.39 is 0 Å². The Morgan fingerprint density at radius 1 is 1.07 bits per heavy atom. The molecule has 0 aliphatic heterocycles. The molecular weight excluding hydrogens is 352 g/mol. The summed E-state index contributed by atoms with van der Waals surface area (Å²) >= 11 is 0. The maximum Gasteiger partial charge on any atom is 0.251 e. The van der Waals surface area contributed by atoms with Crippen LogP contribution in [-0.4, -0.2) is 33.6 Å². The van der Waals surface area contributed by atoms with Gasteiger partial charge in [0.15, 0.2) is 0 Å². The molecule has 3 aromatic rings. The van der Waals surface area contributed by atoms with Gasteiger partial charge in [0.25, 0.3) is 5.91 Å². The molecule has 6 heteroatoms. The highest BCUT2D eigenvalue weighted by atomic mass is 16.3. The number of aliphatic hydroxyl groups excluding tert-OH is 1.